The van der Waals surface area contributed by atoms with Gasteiger partial charge < -0.3 is 14.9 Å². The predicted molar refractivity (Wildman–Crippen MR) is 58.0 cm³/mol. The van der Waals surface area contributed by atoms with Crippen molar-refractivity contribution >= 4 is 11.6 Å². The topological polar surface area (TPSA) is 74.2 Å². The van der Waals surface area contributed by atoms with Crippen LogP contribution in [0.4, 0.5) is 0 Å². The Morgan fingerprint density at radius 2 is 2.12 bits per heavy atom. The van der Waals surface area contributed by atoms with E-state index in [1.807, 2.05) is 0 Å². The van der Waals surface area contributed by atoms with E-state index in [0.717, 1.165) is 0 Å². The second-order valence-corrected chi connectivity index (χ2v) is 3.48. The molecule has 1 aromatic heterocycles. The van der Waals surface area contributed by atoms with Gasteiger partial charge in [0.1, 0.15) is 5.75 Å². The molecule has 0 bridgehead atoms. The Bertz CT molecular complexity index is 473. The SMILES string of the molecule is NCc1nnc(COc2cccc(Cl)c2)o1. The van der Waals surface area contributed by atoms with Crippen LogP contribution in [0.1, 0.15) is 11.8 Å². The Labute approximate surface area is 97.2 Å². The third-order valence-corrected chi connectivity index (χ3v) is 2.08. The van der Waals surface area contributed by atoms with Crippen LogP contribution in [0.15, 0.2) is 28.7 Å². The Hall–Kier alpha value is -1.59. The van der Waals surface area contributed by atoms with E-state index in [-0.39, 0.29) is 13.2 Å². The standard InChI is InChI=1S/C10H10ClN3O2/c11-7-2-1-3-8(4-7)15-6-10-14-13-9(5-12)16-10/h1-4H,5-6,12H2. The summed E-state index contributed by atoms with van der Waals surface area (Å²) in [5.41, 5.74) is 5.34. The van der Waals surface area contributed by atoms with E-state index in [4.69, 9.17) is 26.5 Å². The monoisotopic (exact) mass is 239 g/mol. The number of hydrogen-bond donors (Lipinski definition) is 1. The van der Waals surface area contributed by atoms with E-state index in [0.29, 0.717) is 22.6 Å². The number of nitrogens with two attached hydrogens (primary N) is 1. The van der Waals surface area contributed by atoms with Gasteiger partial charge in [-0.3, -0.25) is 0 Å². The van der Waals surface area contributed by atoms with E-state index < -0.39 is 0 Å². The predicted octanol–water partition coefficient (Wildman–Crippen LogP) is 1.76. The van der Waals surface area contributed by atoms with Gasteiger partial charge in [-0.25, -0.2) is 0 Å². The van der Waals surface area contributed by atoms with Gasteiger partial charge in [0.15, 0.2) is 6.61 Å². The molecule has 0 atom stereocenters. The molecular weight excluding hydrogens is 230 g/mol. The van der Waals surface area contributed by atoms with Crippen molar-refractivity contribution < 1.29 is 9.15 Å². The van der Waals surface area contributed by atoms with Crippen molar-refractivity contribution in [2.24, 2.45) is 5.73 Å². The molecule has 84 valence electrons. The fourth-order valence-electron chi connectivity index (χ4n) is 1.13. The number of aromatic nitrogens is 2. The zero-order valence-electron chi connectivity index (χ0n) is 8.39. The van der Waals surface area contributed by atoms with Gasteiger partial charge >= 0.3 is 0 Å². The number of nitrogens with zero attached hydrogens (tertiary/aromatic N) is 2. The molecule has 2 N–H and O–H groups in total. The lowest BCUT2D eigenvalue weighted by atomic mass is 10.3. The third-order valence-electron chi connectivity index (χ3n) is 1.84. The molecule has 2 aromatic rings. The van der Waals surface area contributed by atoms with Crippen LogP contribution in [0.3, 0.4) is 0 Å². The lowest BCUT2D eigenvalue weighted by Gasteiger charge is -2.02. The first-order valence-electron chi connectivity index (χ1n) is 4.67. The number of rotatable bonds is 4. The summed E-state index contributed by atoms with van der Waals surface area (Å²) in [4.78, 5) is 0. The third kappa shape index (κ3) is 2.71. The molecule has 0 aliphatic rings. The Morgan fingerprint density at radius 3 is 2.81 bits per heavy atom. The zero-order chi connectivity index (χ0) is 11.4. The van der Waals surface area contributed by atoms with Gasteiger partial charge in [0.05, 0.1) is 6.54 Å². The van der Waals surface area contributed by atoms with Crippen LogP contribution in [-0.2, 0) is 13.2 Å². The molecule has 0 radical (unpaired) electrons. The maximum Gasteiger partial charge on any atom is 0.253 e. The summed E-state index contributed by atoms with van der Waals surface area (Å²) >= 11 is 5.81. The lowest BCUT2D eigenvalue weighted by molar-refractivity contribution is 0.259. The Morgan fingerprint density at radius 1 is 1.31 bits per heavy atom. The van der Waals surface area contributed by atoms with Crippen molar-refractivity contribution in [3.05, 3.63) is 41.1 Å². The van der Waals surface area contributed by atoms with Crippen molar-refractivity contribution in [3.8, 4) is 5.75 Å². The maximum absolute atomic E-state index is 5.81. The van der Waals surface area contributed by atoms with Crippen LogP contribution in [0.2, 0.25) is 5.02 Å². The molecule has 2 rings (SSSR count). The summed E-state index contributed by atoms with van der Waals surface area (Å²) in [5, 5.41) is 8.10. The molecular formula is C10H10ClN3O2. The first-order valence-corrected chi connectivity index (χ1v) is 5.05. The fourth-order valence-corrected chi connectivity index (χ4v) is 1.31. The van der Waals surface area contributed by atoms with Crippen LogP contribution in [-0.4, -0.2) is 10.2 Å². The molecule has 0 amide bonds. The lowest BCUT2D eigenvalue weighted by Crippen LogP contribution is -1.96. The van der Waals surface area contributed by atoms with E-state index in [1.165, 1.54) is 0 Å². The van der Waals surface area contributed by atoms with Gasteiger partial charge in [0.25, 0.3) is 5.89 Å². The second-order valence-electron chi connectivity index (χ2n) is 3.04. The number of benzene rings is 1. The molecule has 0 unspecified atom stereocenters. The highest BCUT2D eigenvalue weighted by atomic mass is 35.5. The van der Waals surface area contributed by atoms with Crippen molar-refractivity contribution in [2.75, 3.05) is 0 Å². The molecule has 1 heterocycles. The highest BCUT2D eigenvalue weighted by Gasteiger charge is 2.05. The molecule has 0 spiro atoms. The average Bonchev–Trinajstić information content (AvgIpc) is 2.74. The first-order chi connectivity index (χ1) is 7.78. The van der Waals surface area contributed by atoms with Crippen molar-refractivity contribution in [2.45, 2.75) is 13.2 Å². The summed E-state index contributed by atoms with van der Waals surface area (Å²) in [6.07, 6.45) is 0. The normalized spacial score (nSPS) is 10.4. The fraction of sp³-hybridized carbons (Fsp3) is 0.200. The zero-order valence-corrected chi connectivity index (χ0v) is 9.15. The second kappa shape index (κ2) is 4.96. The molecule has 0 aliphatic heterocycles. The van der Waals surface area contributed by atoms with Crippen LogP contribution in [0, 0.1) is 0 Å². The van der Waals surface area contributed by atoms with Gasteiger partial charge in [0.2, 0.25) is 5.89 Å². The van der Waals surface area contributed by atoms with Crippen molar-refractivity contribution in [1.82, 2.24) is 10.2 Å². The summed E-state index contributed by atoms with van der Waals surface area (Å²) in [5.74, 6) is 1.44. The van der Waals surface area contributed by atoms with Crippen LogP contribution < -0.4 is 10.5 Å². The minimum absolute atomic E-state index is 0.202. The molecule has 1 aromatic carbocycles. The van der Waals surface area contributed by atoms with Gasteiger partial charge in [-0.15, -0.1) is 10.2 Å². The van der Waals surface area contributed by atoms with E-state index in [1.54, 1.807) is 24.3 Å². The number of hydrogen-bond acceptors (Lipinski definition) is 5. The Balaban J connectivity index is 1.96. The van der Waals surface area contributed by atoms with Crippen LogP contribution in [0.25, 0.3) is 0 Å². The van der Waals surface area contributed by atoms with Crippen LogP contribution >= 0.6 is 11.6 Å². The summed E-state index contributed by atoms with van der Waals surface area (Å²) in [7, 11) is 0. The van der Waals surface area contributed by atoms with Gasteiger partial charge in [-0.05, 0) is 18.2 Å². The molecule has 0 fully saturated rings. The molecule has 6 heteroatoms. The Kier molecular flexibility index (Phi) is 3.38. The van der Waals surface area contributed by atoms with Crippen molar-refractivity contribution in [3.63, 3.8) is 0 Å². The minimum atomic E-state index is 0.202. The first kappa shape index (κ1) is 10.9. The highest BCUT2D eigenvalue weighted by Crippen LogP contribution is 2.18. The quantitative estimate of drug-likeness (QED) is 0.880. The van der Waals surface area contributed by atoms with Gasteiger partial charge in [-0.1, -0.05) is 17.7 Å². The number of ether oxygens (including phenoxy) is 1. The molecule has 0 saturated heterocycles. The minimum Gasteiger partial charge on any atom is -0.484 e. The highest BCUT2D eigenvalue weighted by molar-refractivity contribution is 6.30. The molecule has 16 heavy (non-hydrogen) atoms. The van der Waals surface area contributed by atoms with Gasteiger partial charge in [-0.2, -0.15) is 0 Å². The smallest absolute Gasteiger partial charge is 0.253 e. The summed E-state index contributed by atoms with van der Waals surface area (Å²) in [6, 6.07) is 7.08. The largest absolute Gasteiger partial charge is 0.484 e. The average molecular weight is 240 g/mol. The van der Waals surface area contributed by atoms with Crippen LogP contribution in [0.5, 0.6) is 5.75 Å². The van der Waals surface area contributed by atoms with E-state index in [2.05, 4.69) is 10.2 Å². The number of halogens is 1. The molecule has 0 aliphatic carbocycles. The van der Waals surface area contributed by atoms with Gasteiger partial charge in [0, 0.05) is 5.02 Å². The van der Waals surface area contributed by atoms with E-state index in [9.17, 15) is 0 Å². The maximum atomic E-state index is 5.81. The summed E-state index contributed by atoms with van der Waals surface area (Å²) in [6.45, 7) is 0.428. The summed E-state index contributed by atoms with van der Waals surface area (Å²) < 4.78 is 10.6. The molecule has 5 nitrogen and oxygen atoms in total. The van der Waals surface area contributed by atoms with Crippen molar-refractivity contribution in [1.29, 1.82) is 0 Å². The molecule has 0 saturated carbocycles. The van der Waals surface area contributed by atoms with E-state index >= 15 is 0 Å².